The summed E-state index contributed by atoms with van der Waals surface area (Å²) in [5.74, 6) is 4.47. The lowest BCUT2D eigenvalue weighted by Gasteiger charge is -2.28. The van der Waals surface area contributed by atoms with Gasteiger partial charge in [-0.05, 0) is 174 Å². The van der Waals surface area contributed by atoms with Gasteiger partial charge in [-0.3, -0.25) is 0 Å². The molecule has 2 aliphatic heterocycles. The molecule has 4 fully saturated rings. The van der Waals surface area contributed by atoms with Crippen LogP contribution in [0, 0.1) is 11.8 Å². The summed E-state index contributed by atoms with van der Waals surface area (Å²) in [5, 5.41) is 0. The quantitative estimate of drug-likeness (QED) is 0.0364. The summed E-state index contributed by atoms with van der Waals surface area (Å²) >= 11 is 0. The summed E-state index contributed by atoms with van der Waals surface area (Å²) in [5.41, 5.74) is 3.31. The average Bonchev–Trinajstić information content (AvgIpc) is 4.30. The monoisotopic (exact) mass is 911 g/mol. The van der Waals surface area contributed by atoms with E-state index in [2.05, 4.69) is 62.4 Å². The van der Waals surface area contributed by atoms with Gasteiger partial charge in [-0.15, -0.1) is 0 Å². The molecule has 2 saturated carbocycles. The van der Waals surface area contributed by atoms with Gasteiger partial charge in [-0.2, -0.15) is 0 Å². The van der Waals surface area contributed by atoms with Gasteiger partial charge in [0.1, 0.15) is 59.5 Å². The van der Waals surface area contributed by atoms with Crippen LogP contribution in [0.5, 0.6) is 23.0 Å². The van der Waals surface area contributed by atoms with Gasteiger partial charge in [-0.1, -0.05) is 63.8 Å². The molecule has 4 aliphatic rings. The molecule has 7 rings (SSSR count). The number of unbranched alkanes of at least 4 members (excludes halogenated alkanes) is 6. The van der Waals surface area contributed by atoms with Gasteiger partial charge in [0.2, 0.25) is 0 Å². The first-order valence-corrected chi connectivity index (χ1v) is 25.9. The number of esters is 2. The van der Waals surface area contributed by atoms with E-state index in [0.29, 0.717) is 51.5 Å². The molecule has 0 amide bonds. The summed E-state index contributed by atoms with van der Waals surface area (Å²) in [4.78, 5) is 26.9. The molecule has 0 spiro atoms. The van der Waals surface area contributed by atoms with Crippen LogP contribution >= 0.6 is 0 Å². The molecule has 3 aromatic carbocycles. The van der Waals surface area contributed by atoms with Crippen LogP contribution in [0.1, 0.15) is 186 Å². The zero-order valence-electron chi connectivity index (χ0n) is 40.1. The maximum Gasteiger partial charge on any atom is 0.342 e. The van der Waals surface area contributed by atoms with E-state index in [1.807, 2.05) is 0 Å². The molecule has 3 aromatic rings. The number of benzene rings is 3. The van der Waals surface area contributed by atoms with Gasteiger partial charge < -0.3 is 37.9 Å². The second-order valence-corrected chi connectivity index (χ2v) is 19.3. The van der Waals surface area contributed by atoms with Crippen molar-refractivity contribution < 1.29 is 47.5 Å². The van der Waals surface area contributed by atoms with Crippen molar-refractivity contribution in [1.82, 2.24) is 0 Å². The molecule has 2 saturated heterocycles. The van der Waals surface area contributed by atoms with Crippen molar-refractivity contribution in [2.45, 2.75) is 166 Å². The smallest absolute Gasteiger partial charge is 0.342 e. The third kappa shape index (κ3) is 16.5. The molecule has 0 N–H and O–H groups in total. The number of rotatable bonds is 30. The molecule has 2 atom stereocenters. The van der Waals surface area contributed by atoms with Crippen molar-refractivity contribution in [2.75, 3.05) is 52.9 Å². The zero-order chi connectivity index (χ0) is 45.8. The molecule has 66 heavy (non-hydrogen) atoms. The summed E-state index contributed by atoms with van der Waals surface area (Å²) < 4.78 is 46.3. The molecular formula is C56H78O10. The van der Waals surface area contributed by atoms with Gasteiger partial charge in [0.05, 0.1) is 39.6 Å². The van der Waals surface area contributed by atoms with Gasteiger partial charge in [0, 0.05) is 0 Å². The summed E-state index contributed by atoms with van der Waals surface area (Å²) in [6.45, 7) is 8.08. The Morgan fingerprint density at radius 1 is 0.485 bits per heavy atom. The second-order valence-electron chi connectivity index (χ2n) is 19.3. The first-order valence-electron chi connectivity index (χ1n) is 25.9. The van der Waals surface area contributed by atoms with Crippen LogP contribution in [-0.2, 0) is 18.9 Å². The van der Waals surface area contributed by atoms with Crippen LogP contribution < -0.4 is 18.9 Å². The highest BCUT2D eigenvalue weighted by Crippen LogP contribution is 2.39. The summed E-state index contributed by atoms with van der Waals surface area (Å²) in [6, 6.07) is 20.6. The lowest BCUT2D eigenvalue weighted by atomic mass is 9.77. The van der Waals surface area contributed by atoms with Crippen LogP contribution in [0.4, 0.5) is 0 Å². The van der Waals surface area contributed by atoms with Crippen LogP contribution in [0.15, 0.2) is 60.7 Å². The second kappa shape index (κ2) is 26.9. The highest BCUT2D eigenvalue weighted by atomic mass is 16.6. The number of hydrogen-bond donors (Lipinski definition) is 0. The van der Waals surface area contributed by atoms with E-state index in [4.69, 9.17) is 37.9 Å². The summed E-state index contributed by atoms with van der Waals surface area (Å²) in [6.07, 6.45) is 23.0. The van der Waals surface area contributed by atoms with E-state index in [0.717, 1.165) is 74.7 Å². The molecule has 362 valence electrons. The minimum Gasteiger partial charge on any atom is -0.494 e. The molecule has 10 heteroatoms. The molecular weight excluding hydrogens is 833 g/mol. The molecule has 0 aromatic heterocycles. The van der Waals surface area contributed by atoms with Crippen molar-refractivity contribution in [3.05, 3.63) is 82.9 Å². The summed E-state index contributed by atoms with van der Waals surface area (Å²) in [7, 11) is 0. The van der Waals surface area contributed by atoms with Crippen molar-refractivity contribution in [1.29, 1.82) is 0 Å². The third-order valence-electron chi connectivity index (χ3n) is 14.0. The van der Waals surface area contributed by atoms with Gasteiger partial charge >= 0.3 is 11.9 Å². The molecule has 0 bridgehead atoms. The fraction of sp³-hybridized carbons (Fsp3) is 0.643. The Bertz CT molecular complexity index is 1730. The third-order valence-corrected chi connectivity index (χ3v) is 14.0. The van der Waals surface area contributed by atoms with Crippen molar-refractivity contribution in [3.8, 4) is 23.0 Å². The van der Waals surface area contributed by atoms with E-state index in [1.165, 1.54) is 88.2 Å². The standard InChI is InChI=1S/C56H78O10/c1-3-13-41-15-19-43(20-16-41)45-23-27-47(28-24-45)59-31-9-5-7-11-33-61-53-35-52(56(58)66-40-50-38-64-50)54(36-51(53)55(57)65-39-49-37-63-49)62-34-12-8-6-10-32-60-48-29-25-46(26-30-48)44-21-17-42(14-4-2)18-22-44/h23-30,35-36,41-44,49-50H,3-22,31-34,37-40H2,1-2H3/t41-,42-,43-,44-,49?,50?. The van der Waals surface area contributed by atoms with Crippen molar-refractivity contribution >= 4 is 11.9 Å². The van der Waals surface area contributed by atoms with Gasteiger partial charge in [0.25, 0.3) is 0 Å². The Kier molecular flexibility index (Phi) is 20.2. The maximum atomic E-state index is 13.4. The highest BCUT2D eigenvalue weighted by Gasteiger charge is 2.30. The number of hydrogen-bond acceptors (Lipinski definition) is 10. The predicted octanol–water partition coefficient (Wildman–Crippen LogP) is 13.0. The number of carbonyl (C=O) groups is 2. The number of carbonyl (C=O) groups excluding carboxylic acids is 2. The maximum absolute atomic E-state index is 13.4. The number of ether oxygens (including phenoxy) is 8. The van der Waals surface area contributed by atoms with Crippen molar-refractivity contribution in [2.24, 2.45) is 11.8 Å². The van der Waals surface area contributed by atoms with Crippen molar-refractivity contribution in [3.63, 3.8) is 0 Å². The van der Waals surface area contributed by atoms with Crippen LogP contribution in [0.3, 0.4) is 0 Å². The molecule has 0 radical (unpaired) electrons. The minimum absolute atomic E-state index is 0.0905. The Hall–Kier alpha value is -4.28. The van der Waals surface area contributed by atoms with Crippen LogP contribution in [-0.4, -0.2) is 77.0 Å². The molecule has 10 nitrogen and oxygen atoms in total. The Labute approximate surface area is 395 Å². The lowest BCUT2D eigenvalue weighted by Crippen LogP contribution is -2.16. The SMILES string of the molecule is CCC[C@H]1CC[C@H](c2ccc(OCCCCCCOc3cc(C(=O)OCC4CO4)c(OCCCCCCOc4ccc([C@H]5CC[C@H](CCC)CC5)cc4)cc3C(=O)OCC3CO3)cc2)CC1. The fourth-order valence-electron chi connectivity index (χ4n) is 9.86. The van der Waals surface area contributed by atoms with E-state index >= 15 is 0 Å². The van der Waals surface area contributed by atoms with Gasteiger partial charge in [-0.25, -0.2) is 9.59 Å². The van der Waals surface area contributed by atoms with Crippen LogP contribution in [0.25, 0.3) is 0 Å². The average molecular weight is 911 g/mol. The van der Waals surface area contributed by atoms with Gasteiger partial charge in [0.15, 0.2) is 0 Å². The zero-order valence-corrected chi connectivity index (χ0v) is 40.1. The topological polar surface area (TPSA) is 115 Å². The van der Waals surface area contributed by atoms with E-state index in [1.54, 1.807) is 12.1 Å². The molecule has 2 heterocycles. The fourth-order valence-corrected chi connectivity index (χ4v) is 9.86. The normalized spacial score (nSPS) is 22.3. The van der Waals surface area contributed by atoms with Crippen LogP contribution in [0.2, 0.25) is 0 Å². The minimum atomic E-state index is -0.551. The Morgan fingerprint density at radius 3 is 1.17 bits per heavy atom. The molecule has 2 unspecified atom stereocenters. The molecule has 2 aliphatic carbocycles. The number of epoxide rings is 2. The highest BCUT2D eigenvalue weighted by molar-refractivity contribution is 5.98. The predicted molar refractivity (Wildman–Crippen MR) is 258 cm³/mol. The lowest BCUT2D eigenvalue weighted by molar-refractivity contribution is 0.0455. The first kappa shape index (κ1) is 49.6. The first-order chi connectivity index (χ1) is 32.4. The van der Waals surface area contributed by atoms with E-state index in [-0.39, 0.29) is 48.0 Å². The van der Waals surface area contributed by atoms with E-state index in [9.17, 15) is 9.59 Å². The Morgan fingerprint density at radius 2 is 0.833 bits per heavy atom. The van der Waals surface area contributed by atoms with E-state index < -0.39 is 11.9 Å². The Balaban J connectivity index is 0.834. The largest absolute Gasteiger partial charge is 0.494 e.